The van der Waals surface area contributed by atoms with Gasteiger partial charge in [-0.2, -0.15) is 0 Å². The van der Waals surface area contributed by atoms with Crippen LogP contribution < -0.4 is 4.74 Å². The number of allylic oxidation sites excluding steroid dienone is 1. The number of methoxy groups -OCH3 is 1. The predicted octanol–water partition coefficient (Wildman–Crippen LogP) is 2.49. The van der Waals surface area contributed by atoms with Crippen LogP contribution in [0, 0.1) is 0 Å². The van der Waals surface area contributed by atoms with Crippen LogP contribution in [0.4, 0.5) is 0 Å². The molecule has 0 bridgehead atoms. The number of morpholine rings is 1. The first-order valence-corrected chi connectivity index (χ1v) is 6.52. The van der Waals surface area contributed by atoms with Crippen molar-refractivity contribution in [3.63, 3.8) is 0 Å². The standard InChI is InChI=1S/C15H19NO2/c1-11-14-10-13(17-2)4-3-12(14)9-15(11)16-5-7-18-8-6-16/h3-4,9-11H,5-8H2,1-2H3. The highest BCUT2D eigenvalue weighted by Gasteiger charge is 2.26. The van der Waals surface area contributed by atoms with Crippen molar-refractivity contribution in [1.29, 1.82) is 0 Å². The third-order valence-electron chi connectivity index (χ3n) is 3.88. The van der Waals surface area contributed by atoms with Gasteiger partial charge >= 0.3 is 0 Å². The first-order chi connectivity index (χ1) is 8.79. The van der Waals surface area contributed by atoms with E-state index in [2.05, 4.69) is 30.0 Å². The molecule has 1 unspecified atom stereocenters. The normalized spacial score (nSPS) is 22.7. The first-order valence-electron chi connectivity index (χ1n) is 6.52. The van der Waals surface area contributed by atoms with Gasteiger partial charge in [0.05, 0.1) is 20.3 Å². The molecule has 1 saturated heterocycles. The fourth-order valence-corrected chi connectivity index (χ4v) is 2.82. The molecule has 3 nitrogen and oxygen atoms in total. The number of hydrogen-bond donors (Lipinski definition) is 0. The van der Waals surface area contributed by atoms with E-state index < -0.39 is 0 Å². The number of ether oxygens (including phenoxy) is 2. The summed E-state index contributed by atoms with van der Waals surface area (Å²) in [6.07, 6.45) is 2.31. The molecular weight excluding hydrogens is 226 g/mol. The summed E-state index contributed by atoms with van der Waals surface area (Å²) in [4.78, 5) is 2.45. The Morgan fingerprint density at radius 2 is 2.06 bits per heavy atom. The molecule has 1 aromatic rings. The highest BCUT2D eigenvalue weighted by Crippen LogP contribution is 2.39. The van der Waals surface area contributed by atoms with Gasteiger partial charge in [-0.05, 0) is 29.3 Å². The molecule has 3 rings (SSSR count). The third-order valence-corrected chi connectivity index (χ3v) is 3.88. The van der Waals surface area contributed by atoms with Gasteiger partial charge in [-0.15, -0.1) is 0 Å². The Morgan fingerprint density at radius 3 is 2.78 bits per heavy atom. The van der Waals surface area contributed by atoms with Crippen molar-refractivity contribution in [1.82, 2.24) is 4.90 Å². The molecule has 0 spiro atoms. The molecule has 1 aliphatic heterocycles. The lowest BCUT2D eigenvalue weighted by molar-refractivity contribution is 0.0520. The Bertz CT molecular complexity index is 475. The van der Waals surface area contributed by atoms with Gasteiger partial charge in [0, 0.05) is 24.7 Å². The highest BCUT2D eigenvalue weighted by molar-refractivity contribution is 5.67. The maximum atomic E-state index is 5.42. The van der Waals surface area contributed by atoms with Crippen LogP contribution in [0.5, 0.6) is 5.75 Å². The fraction of sp³-hybridized carbons (Fsp3) is 0.467. The maximum absolute atomic E-state index is 5.42. The van der Waals surface area contributed by atoms with Gasteiger partial charge in [0.2, 0.25) is 0 Å². The van der Waals surface area contributed by atoms with Gasteiger partial charge in [-0.25, -0.2) is 0 Å². The van der Waals surface area contributed by atoms with Crippen LogP contribution >= 0.6 is 0 Å². The van der Waals surface area contributed by atoms with Gasteiger partial charge < -0.3 is 14.4 Å². The molecule has 18 heavy (non-hydrogen) atoms. The summed E-state index contributed by atoms with van der Waals surface area (Å²) in [5, 5.41) is 0. The Hall–Kier alpha value is -1.48. The summed E-state index contributed by atoms with van der Waals surface area (Å²) in [5.74, 6) is 1.39. The van der Waals surface area contributed by atoms with Crippen LogP contribution in [0.1, 0.15) is 24.0 Å². The monoisotopic (exact) mass is 245 g/mol. The lowest BCUT2D eigenvalue weighted by atomic mass is 10.00. The summed E-state index contributed by atoms with van der Waals surface area (Å²) >= 11 is 0. The Balaban J connectivity index is 1.88. The molecule has 1 heterocycles. The van der Waals surface area contributed by atoms with Crippen molar-refractivity contribution in [2.45, 2.75) is 12.8 Å². The van der Waals surface area contributed by atoms with E-state index in [0.717, 1.165) is 32.1 Å². The Kier molecular flexibility index (Phi) is 3.00. The van der Waals surface area contributed by atoms with Crippen LogP contribution in [-0.4, -0.2) is 38.3 Å². The lowest BCUT2D eigenvalue weighted by Gasteiger charge is -2.32. The molecule has 0 radical (unpaired) electrons. The molecule has 0 aromatic heterocycles. The highest BCUT2D eigenvalue weighted by atomic mass is 16.5. The molecule has 96 valence electrons. The van der Waals surface area contributed by atoms with Crippen LogP contribution in [0.15, 0.2) is 23.9 Å². The van der Waals surface area contributed by atoms with E-state index in [4.69, 9.17) is 9.47 Å². The fourth-order valence-electron chi connectivity index (χ4n) is 2.82. The van der Waals surface area contributed by atoms with Crippen LogP contribution in [0.2, 0.25) is 0 Å². The summed E-state index contributed by atoms with van der Waals surface area (Å²) in [6, 6.07) is 6.34. The summed E-state index contributed by atoms with van der Waals surface area (Å²) in [5.41, 5.74) is 4.11. The molecule has 0 N–H and O–H groups in total. The minimum atomic E-state index is 0.452. The van der Waals surface area contributed by atoms with E-state index in [9.17, 15) is 0 Å². The van der Waals surface area contributed by atoms with Crippen LogP contribution in [-0.2, 0) is 4.74 Å². The van der Waals surface area contributed by atoms with Crippen LogP contribution in [0.3, 0.4) is 0 Å². The smallest absolute Gasteiger partial charge is 0.119 e. The SMILES string of the molecule is COc1ccc2c(c1)C(C)C(N1CCOCC1)=C2. The molecule has 1 fully saturated rings. The number of fused-ring (bicyclic) bond motifs is 1. The molecular formula is C15H19NO2. The van der Waals surface area contributed by atoms with Crippen molar-refractivity contribution < 1.29 is 9.47 Å². The zero-order valence-corrected chi connectivity index (χ0v) is 11.0. The van der Waals surface area contributed by atoms with E-state index in [1.54, 1.807) is 7.11 Å². The van der Waals surface area contributed by atoms with Gasteiger partial charge in [0.1, 0.15) is 5.75 Å². The number of benzene rings is 1. The van der Waals surface area contributed by atoms with Crippen molar-refractivity contribution in [3.8, 4) is 5.75 Å². The van der Waals surface area contributed by atoms with E-state index in [1.807, 2.05) is 6.07 Å². The van der Waals surface area contributed by atoms with Gasteiger partial charge in [-0.1, -0.05) is 13.0 Å². The van der Waals surface area contributed by atoms with Crippen molar-refractivity contribution in [2.75, 3.05) is 33.4 Å². The second kappa shape index (κ2) is 4.65. The van der Waals surface area contributed by atoms with E-state index in [-0.39, 0.29) is 0 Å². The number of nitrogens with zero attached hydrogens (tertiary/aromatic N) is 1. The van der Waals surface area contributed by atoms with Crippen molar-refractivity contribution in [3.05, 3.63) is 35.0 Å². The predicted molar refractivity (Wildman–Crippen MR) is 71.8 cm³/mol. The topological polar surface area (TPSA) is 21.7 Å². The van der Waals surface area contributed by atoms with Crippen molar-refractivity contribution >= 4 is 6.08 Å². The summed E-state index contributed by atoms with van der Waals surface area (Å²) < 4.78 is 10.7. The molecule has 2 aliphatic rings. The molecule has 0 amide bonds. The number of rotatable bonds is 2. The lowest BCUT2D eigenvalue weighted by Crippen LogP contribution is -2.36. The number of hydrogen-bond acceptors (Lipinski definition) is 3. The van der Waals surface area contributed by atoms with Crippen molar-refractivity contribution in [2.24, 2.45) is 0 Å². The molecule has 3 heteroatoms. The first kappa shape index (κ1) is 11.6. The Labute approximate surface area is 108 Å². The summed E-state index contributed by atoms with van der Waals surface area (Å²) in [7, 11) is 1.72. The second-order valence-electron chi connectivity index (χ2n) is 4.89. The largest absolute Gasteiger partial charge is 0.497 e. The zero-order valence-electron chi connectivity index (χ0n) is 11.0. The minimum absolute atomic E-state index is 0.452. The van der Waals surface area contributed by atoms with Gasteiger partial charge in [-0.3, -0.25) is 0 Å². The van der Waals surface area contributed by atoms with E-state index in [1.165, 1.54) is 16.8 Å². The molecule has 1 aromatic carbocycles. The molecule has 1 aliphatic carbocycles. The zero-order chi connectivity index (χ0) is 12.5. The molecule has 0 saturated carbocycles. The third kappa shape index (κ3) is 1.89. The van der Waals surface area contributed by atoms with E-state index in [0.29, 0.717) is 5.92 Å². The van der Waals surface area contributed by atoms with Crippen LogP contribution in [0.25, 0.3) is 6.08 Å². The Morgan fingerprint density at radius 1 is 1.28 bits per heavy atom. The minimum Gasteiger partial charge on any atom is -0.497 e. The van der Waals surface area contributed by atoms with Gasteiger partial charge in [0.15, 0.2) is 0 Å². The van der Waals surface area contributed by atoms with E-state index >= 15 is 0 Å². The average molecular weight is 245 g/mol. The summed E-state index contributed by atoms with van der Waals surface area (Å²) in [6.45, 7) is 5.95. The quantitative estimate of drug-likeness (QED) is 0.799. The van der Waals surface area contributed by atoms with Gasteiger partial charge in [0.25, 0.3) is 0 Å². The molecule has 1 atom stereocenters. The second-order valence-corrected chi connectivity index (χ2v) is 4.89. The average Bonchev–Trinajstić information content (AvgIpc) is 2.77. The maximum Gasteiger partial charge on any atom is 0.119 e.